The van der Waals surface area contributed by atoms with Crippen LogP contribution in [0.2, 0.25) is 0 Å². The number of hydrogen-bond acceptors (Lipinski definition) is 4. The minimum absolute atomic E-state index is 0.166. The molecule has 0 bridgehead atoms. The van der Waals surface area contributed by atoms with Crippen LogP contribution in [0.3, 0.4) is 0 Å². The average molecular weight is 295 g/mol. The van der Waals surface area contributed by atoms with Gasteiger partial charge >= 0.3 is 0 Å². The summed E-state index contributed by atoms with van der Waals surface area (Å²) < 4.78 is 1.76. The fourth-order valence-corrected chi connectivity index (χ4v) is 1.83. The van der Waals surface area contributed by atoms with Crippen LogP contribution >= 0.6 is 15.9 Å². The number of nitrogens with zero attached hydrogens (tertiary/aromatic N) is 3. The van der Waals surface area contributed by atoms with Gasteiger partial charge in [-0.1, -0.05) is 6.07 Å². The number of pyridine rings is 1. The molecule has 2 aromatic heterocycles. The van der Waals surface area contributed by atoms with Gasteiger partial charge < -0.3 is 5.32 Å². The van der Waals surface area contributed by atoms with E-state index in [9.17, 15) is 4.79 Å². The minimum atomic E-state index is -0.166. The highest BCUT2D eigenvalue weighted by atomic mass is 79.9. The SMILES string of the molecule is Cn1ncc(NCc2cccnc2)c(Br)c1=O. The molecule has 0 fully saturated rings. The van der Waals surface area contributed by atoms with Crippen molar-refractivity contribution in [3.8, 4) is 0 Å². The molecule has 1 N–H and O–H groups in total. The highest BCUT2D eigenvalue weighted by molar-refractivity contribution is 9.10. The molecule has 0 aromatic carbocycles. The van der Waals surface area contributed by atoms with Gasteiger partial charge in [0.2, 0.25) is 0 Å². The summed E-state index contributed by atoms with van der Waals surface area (Å²) in [5.74, 6) is 0. The molecule has 0 atom stereocenters. The van der Waals surface area contributed by atoms with Crippen LogP contribution in [0.1, 0.15) is 5.56 Å². The summed E-state index contributed by atoms with van der Waals surface area (Å²) in [6.45, 7) is 0.598. The van der Waals surface area contributed by atoms with E-state index in [-0.39, 0.29) is 5.56 Å². The maximum absolute atomic E-state index is 11.6. The third kappa shape index (κ3) is 2.71. The molecule has 0 aliphatic carbocycles. The van der Waals surface area contributed by atoms with Crippen LogP contribution < -0.4 is 10.9 Å². The topological polar surface area (TPSA) is 59.8 Å². The lowest BCUT2D eigenvalue weighted by atomic mass is 10.3. The van der Waals surface area contributed by atoms with E-state index in [0.717, 1.165) is 5.56 Å². The molecule has 5 nitrogen and oxygen atoms in total. The van der Waals surface area contributed by atoms with Crippen LogP contribution in [-0.4, -0.2) is 14.8 Å². The molecule has 0 radical (unpaired) electrons. The second-order valence-corrected chi connectivity index (χ2v) is 4.31. The Bertz CT molecular complexity index is 567. The quantitative estimate of drug-likeness (QED) is 0.933. The lowest BCUT2D eigenvalue weighted by Gasteiger charge is -2.08. The summed E-state index contributed by atoms with van der Waals surface area (Å²) in [5.41, 5.74) is 1.55. The summed E-state index contributed by atoms with van der Waals surface area (Å²) in [6.07, 6.45) is 5.11. The predicted octanol–water partition coefficient (Wildman–Crippen LogP) is 1.55. The van der Waals surface area contributed by atoms with Gasteiger partial charge in [0.25, 0.3) is 5.56 Å². The highest BCUT2D eigenvalue weighted by Crippen LogP contribution is 2.16. The molecule has 0 unspecified atom stereocenters. The van der Waals surface area contributed by atoms with Gasteiger partial charge in [0.05, 0.1) is 11.9 Å². The van der Waals surface area contributed by atoms with Crippen LogP contribution in [0.15, 0.2) is 40.0 Å². The Labute approximate surface area is 107 Å². The molecule has 17 heavy (non-hydrogen) atoms. The number of aryl methyl sites for hydroxylation is 1. The van der Waals surface area contributed by atoms with Gasteiger partial charge in [-0.3, -0.25) is 9.78 Å². The fourth-order valence-electron chi connectivity index (χ4n) is 1.33. The first-order chi connectivity index (χ1) is 8.18. The van der Waals surface area contributed by atoms with Crippen molar-refractivity contribution >= 4 is 21.6 Å². The van der Waals surface area contributed by atoms with E-state index >= 15 is 0 Å². The third-order valence-electron chi connectivity index (χ3n) is 2.28. The van der Waals surface area contributed by atoms with E-state index < -0.39 is 0 Å². The fraction of sp³-hybridized carbons (Fsp3) is 0.182. The molecule has 0 saturated carbocycles. The van der Waals surface area contributed by atoms with Crippen LogP contribution in [0.25, 0.3) is 0 Å². The van der Waals surface area contributed by atoms with Gasteiger partial charge in [-0.15, -0.1) is 0 Å². The zero-order valence-electron chi connectivity index (χ0n) is 9.22. The Kier molecular flexibility index (Phi) is 3.53. The van der Waals surface area contributed by atoms with Gasteiger partial charge in [0, 0.05) is 26.0 Å². The van der Waals surface area contributed by atoms with Crippen molar-refractivity contribution < 1.29 is 0 Å². The molecule has 0 spiro atoms. The Balaban J connectivity index is 2.15. The lowest BCUT2D eigenvalue weighted by Crippen LogP contribution is -2.21. The number of nitrogens with one attached hydrogen (secondary N) is 1. The number of anilines is 1. The minimum Gasteiger partial charge on any atom is -0.379 e. The molecule has 0 aliphatic heterocycles. The Morgan fingerprint density at radius 2 is 2.29 bits per heavy atom. The van der Waals surface area contributed by atoms with E-state index in [4.69, 9.17) is 0 Å². The van der Waals surface area contributed by atoms with E-state index in [0.29, 0.717) is 16.7 Å². The second-order valence-electron chi connectivity index (χ2n) is 3.52. The first kappa shape index (κ1) is 11.8. The van der Waals surface area contributed by atoms with E-state index in [1.807, 2.05) is 12.1 Å². The van der Waals surface area contributed by atoms with Crippen molar-refractivity contribution in [2.24, 2.45) is 7.05 Å². The Morgan fingerprint density at radius 1 is 1.47 bits per heavy atom. The molecule has 2 heterocycles. The summed E-state index contributed by atoms with van der Waals surface area (Å²) in [5, 5.41) is 7.08. The van der Waals surface area contributed by atoms with Crippen molar-refractivity contribution in [1.29, 1.82) is 0 Å². The highest BCUT2D eigenvalue weighted by Gasteiger charge is 2.05. The molecule has 6 heteroatoms. The smallest absolute Gasteiger partial charge is 0.282 e. The largest absolute Gasteiger partial charge is 0.379 e. The van der Waals surface area contributed by atoms with Crippen molar-refractivity contribution in [3.63, 3.8) is 0 Å². The molecule has 2 rings (SSSR count). The molecule has 2 aromatic rings. The molecule has 0 saturated heterocycles. The average Bonchev–Trinajstić information content (AvgIpc) is 2.36. The first-order valence-corrected chi connectivity index (χ1v) is 5.82. The van der Waals surface area contributed by atoms with E-state index in [1.165, 1.54) is 4.68 Å². The third-order valence-corrected chi connectivity index (χ3v) is 3.05. The first-order valence-electron chi connectivity index (χ1n) is 5.03. The maximum atomic E-state index is 11.6. The number of rotatable bonds is 3. The predicted molar refractivity (Wildman–Crippen MR) is 68.7 cm³/mol. The summed E-state index contributed by atoms with van der Waals surface area (Å²) >= 11 is 3.25. The van der Waals surface area contributed by atoms with Gasteiger partial charge in [-0.05, 0) is 27.6 Å². The standard InChI is InChI=1S/C11H11BrN4O/c1-16-11(17)10(12)9(7-15-16)14-6-8-3-2-4-13-5-8/h2-5,7,14H,6H2,1H3. The number of hydrogen-bond donors (Lipinski definition) is 1. The summed E-state index contributed by atoms with van der Waals surface area (Å²) in [4.78, 5) is 15.6. The van der Waals surface area contributed by atoms with Gasteiger partial charge in [0.1, 0.15) is 4.47 Å². The second kappa shape index (κ2) is 5.09. The van der Waals surface area contributed by atoms with Gasteiger partial charge in [0.15, 0.2) is 0 Å². The summed E-state index contributed by atoms with van der Waals surface area (Å²) in [6, 6.07) is 3.83. The maximum Gasteiger partial charge on any atom is 0.282 e. The lowest BCUT2D eigenvalue weighted by molar-refractivity contribution is 0.703. The van der Waals surface area contributed by atoms with Crippen LogP contribution in [-0.2, 0) is 13.6 Å². The van der Waals surface area contributed by atoms with Gasteiger partial charge in [-0.2, -0.15) is 5.10 Å². The van der Waals surface area contributed by atoms with E-state index in [2.05, 4.69) is 31.3 Å². The van der Waals surface area contributed by atoms with Crippen LogP contribution in [0, 0.1) is 0 Å². The monoisotopic (exact) mass is 294 g/mol. The molecular weight excluding hydrogens is 284 g/mol. The normalized spacial score (nSPS) is 10.2. The molecule has 0 aliphatic rings. The van der Waals surface area contributed by atoms with E-state index in [1.54, 1.807) is 25.6 Å². The van der Waals surface area contributed by atoms with Crippen molar-refractivity contribution in [3.05, 3.63) is 51.1 Å². The van der Waals surface area contributed by atoms with Gasteiger partial charge in [-0.25, -0.2) is 4.68 Å². The van der Waals surface area contributed by atoms with Crippen molar-refractivity contribution in [2.45, 2.75) is 6.54 Å². The van der Waals surface area contributed by atoms with Crippen LogP contribution in [0.4, 0.5) is 5.69 Å². The Hall–Kier alpha value is -1.69. The molecule has 0 amide bonds. The summed E-state index contributed by atoms with van der Waals surface area (Å²) in [7, 11) is 1.61. The van der Waals surface area contributed by atoms with Crippen LogP contribution in [0.5, 0.6) is 0 Å². The van der Waals surface area contributed by atoms with Crippen molar-refractivity contribution in [1.82, 2.24) is 14.8 Å². The number of aromatic nitrogens is 3. The zero-order valence-corrected chi connectivity index (χ0v) is 10.8. The number of halogens is 1. The van der Waals surface area contributed by atoms with Crippen molar-refractivity contribution in [2.75, 3.05) is 5.32 Å². The molecular formula is C11H11BrN4O. The zero-order chi connectivity index (χ0) is 12.3. The molecule has 88 valence electrons. The Morgan fingerprint density at radius 3 is 3.00 bits per heavy atom.